The lowest BCUT2D eigenvalue weighted by Gasteiger charge is -2.02. The van der Waals surface area contributed by atoms with Crippen LogP contribution in [0.25, 0.3) is 11.3 Å². The van der Waals surface area contributed by atoms with E-state index in [0.29, 0.717) is 5.13 Å². The van der Waals surface area contributed by atoms with Crippen molar-refractivity contribution in [1.29, 1.82) is 0 Å². The molecule has 0 bridgehead atoms. The van der Waals surface area contributed by atoms with Crippen LogP contribution in [0, 0.1) is 0 Å². The third-order valence-electron chi connectivity index (χ3n) is 3.23. The van der Waals surface area contributed by atoms with Gasteiger partial charge in [0.15, 0.2) is 0 Å². The molecule has 0 amide bonds. The molecule has 0 spiro atoms. The second-order valence-electron chi connectivity index (χ2n) is 4.95. The molecule has 0 saturated carbocycles. The van der Waals surface area contributed by atoms with Gasteiger partial charge in [-0.3, -0.25) is 5.43 Å². The van der Waals surface area contributed by atoms with Crippen molar-refractivity contribution >= 4 is 22.2 Å². The van der Waals surface area contributed by atoms with Gasteiger partial charge in [-0.25, -0.2) is 4.98 Å². The lowest BCUT2D eigenvalue weighted by atomic mass is 10.1. The number of aromatic hydroxyl groups is 2. The van der Waals surface area contributed by atoms with Gasteiger partial charge >= 0.3 is 0 Å². The summed E-state index contributed by atoms with van der Waals surface area (Å²) < 4.78 is 0. The quantitative estimate of drug-likeness (QED) is 0.499. The zero-order valence-corrected chi connectivity index (χ0v) is 13.2. The minimum absolute atomic E-state index is 0.206. The van der Waals surface area contributed by atoms with Crippen molar-refractivity contribution in [2.75, 3.05) is 5.43 Å². The normalized spacial score (nSPS) is 11.4. The number of hydrogen-bond acceptors (Lipinski definition) is 6. The van der Waals surface area contributed by atoms with E-state index in [1.807, 2.05) is 24.4 Å². The van der Waals surface area contributed by atoms with Crippen molar-refractivity contribution in [3.63, 3.8) is 0 Å². The van der Waals surface area contributed by atoms with Crippen molar-refractivity contribution in [3.05, 3.63) is 59.5 Å². The molecular formula is C17H15N3O2S. The number of benzene rings is 2. The van der Waals surface area contributed by atoms with Gasteiger partial charge in [0.25, 0.3) is 0 Å². The van der Waals surface area contributed by atoms with Crippen LogP contribution in [0.3, 0.4) is 0 Å². The molecular weight excluding hydrogens is 310 g/mol. The topological polar surface area (TPSA) is 77.7 Å². The summed E-state index contributed by atoms with van der Waals surface area (Å²) >= 11 is 1.43. The monoisotopic (exact) mass is 325 g/mol. The molecule has 0 atom stereocenters. The summed E-state index contributed by atoms with van der Waals surface area (Å²) in [6, 6.07) is 13.9. The van der Waals surface area contributed by atoms with Crippen LogP contribution in [0.5, 0.6) is 11.5 Å². The lowest BCUT2D eigenvalue weighted by Crippen LogP contribution is -1.99. The molecule has 6 heteroatoms. The minimum atomic E-state index is 0.206. The van der Waals surface area contributed by atoms with Gasteiger partial charge in [0.1, 0.15) is 11.5 Å². The summed E-state index contributed by atoms with van der Waals surface area (Å²) in [6.45, 7) is 1.85. The standard InChI is InChI=1S/C17H15N3O2S/c1-11(12-4-2-6-14(21)8-12)19-20-17-18-16(10-23-17)13-5-3-7-15(22)9-13/h2-10,21-22H,1H3,(H,18,20)/b19-11+. The van der Waals surface area contributed by atoms with Crippen LogP contribution < -0.4 is 5.43 Å². The van der Waals surface area contributed by atoms with Crippen molar-refractivity contribution < 1.29 is 10.2 Å². The van der Waals surface area contributed by atoms with Gasteiger partial charge in [-0.2, -0.15) is 5.10 Å². The van der Waals surface area contributed by atoms with Crippen LogP contribution in [0.1, 0.15) is 12.5 Å². The van der Waals surface area contributed by atoms with Gasteiger partial charge in [-0.05, 0) is 31.2 Å². The number of anilines is 1. The lowest BCUT2D eigenvalue weighted by molar-refractivity contribution is 0.475. The van der Waals surface area contributed by atoms with E-state index in [4.69, 9.17) is 0 Å². The van der Waals surface area contributed by atoms with Crippen molar-refractivity contribution in [3.8, 4) is 22.8 Å². The Kier molecular flexibility index (Phi) is 4.25. The number of aromatic nitrogens is 1. The van der Waals surface area contributed by atoms with Crippen molar-refractivity contribution in [2.45, 2.75) is 6.92 Å². The molecule has 0 saturated heterocycles. The molecule has 0 aliphatic rings. The second kappa shape index (κ2) is 6.50. The van der Waals surface area contributed by atoms with Crippen LogP contribution in [0.4, 0.5) is 5.13 Å². The molecule has 3 N–H and O–H groups in total. The molecule has 0 radical (unpaired) electrons. The van der Waals surface area contributed by atoms with E-state index in [-0.39, 0.29) is 11.5 Å². The van der Waals surface area contributed by atoms with Crippen LogP contribution >= 0.6 is 11.3 Å². The van der Waals surface area contributed by atoms with Gasteiger partial charge in [0.05, 0.1) is 11.4 Å². The van der Waals surface area contributed by atoms with E-state index < -0.39 is 0 Å². The number of hydrogen-bond donors (Lipinski definition) is 3. The fourth-order valence-corrected chi connectivity index (χ4v) is 2.71. The largest absolute Gasteiger partial charge is 0.508 e. The molecule has 2 aromatic carbocycles. The Morgan fingerprint density at radius 2 is 1.83 bits per heavy atom. The Balaban J connectivity index is 1.75. The zero-order valence-electron chi connectivity index (χ0n) is 12.4. The van der Waals surface area contributed by atoms with E-state index in [1.165, 1.54) is 11.3 Å². The Morgan fingerprint density at radius 1 is 1.09 bits per heavy atom. The van der Waals surface area contributed by atoms with Crippen molar-refractivity contribution in [1.82, 2.24) is 4.98 Å². The van der Waals surface area contributed by atoms with Crippen LogP contribution in [0.15, 0.2) is 59.0 Å². The Morgan fingerprint density at radius 3 is 2.57 bits per heavy atom. The van der Waals surface area contributed by atoms with Crippen molar-refractivity contribution in [2.24, 2.45) is 5.10 Å². The summed E-state index contributed by atoms with van der Waals surface area (Å²) in [6.07, 6.45) is 0. The van der Waals surface area contributed by atoms with Gasteiger partial charge in [0, 0.05) is 16.5 Å². The number of nitrogens with one attached hydrogen (secondary N) is 1. The van der Waals surface area contributed by atoms with E-state index in [0.717, 1.165) is 22.5 Å². The van der Waals surface area contributed by atoms with Crippen LogP contribution in [0.2, 0.25) is 0 Å². The third kappa shape index (κ3) is 3.67. The first-order chi connectivity index (χ1) is 11.1. The number of thiazole rings is 1. The molecule has 5 nitrogen and oxygen atoms in total. The molecule has 3 aromatic rings. The molecule has 23 heavy (non-hydrogen) atoms. The summed E-state index contributed by atoms with van der Waals surface area (Å²) in [4.78, 5) is 4.44. The first kappa shape index (κ1) is 15.1. The van der Waals surface area contributed by atoms with Gasteiger partial charge in [0.2, 0.25) is 5.13 Å². The number of phenolic OH excluding ortho intramolecular Hbond substituents is 2. The summed E-state index contributed by atoms with van der Waals surface area (Å²) in [5.74, 6) is 0.417. The highest BCUT2D eigenvalue weighted by Gasteiger charge is 2.05. The second-order valence-corrected chi connectivity index (χ2v) is 5.81. The highest BCUT2D eigenvalue weighted by atomic mass is 32.1. The highest BCUT2D eigenvalue weighted by Crippen LogP contribution is 2.27. The number of nitrogens with zero attached hydrogens (tertiary/aromatic N) is 2. The van der Waals surface area contributed by atoms with Gasteiger partial charge < -0.3 is 10.2 Å². The Hall–Kier alpha value is -2.86. The maximum absolute atomic E-state index is 9.52. The maximum atomic E-state index is 9.52. The average molecular weight is 325 g/mol. The molecule has 1 heterocycles. The molecule has 0 aliphatic carbocycles. The highest BCUT2D eigenvalue weighted by molar-refractivity contribution is 7.14. The third-order valence-corrected chi connectivity index (χ3v) is 3.98. The predicted molar refractivity (Wildman–Crippen MR) is 93.2 cm³/mol. The number of phenols is 2. The van der Waals surface area contributed by atoms with Crippen LogP contribution in [-0.2, 0) is 0 Å². The average Bonchev–Trinajstić information content (AvgIpc) is 3.01. The van der Waals surface area contributed by atoms with E-state index >= 15 is 0 Å². The van der Waals surface area contributed by atoms with Gasteiger partial charge in [-0.1, -0.05) is 24.3 Å². The van der Waals surface area contributed by atoms with E-state index in [2.05, 4.69) is 15.5 Å². The Labute approximate surface area is 137 Å². The van der Waals surface area contributed by atoms with E-state index in [1.54, 1.807) is 36.4 Å². The SMILES string of the molecule is C/C(=N\Nc1nc(-c2cccc(O)c2)cs1)c1cccc(O)c1. The number of rotatable bonds is 4. The first-order valence-corrected chi connectivity index (χ1v) is 7.84. The van der Waals surface area contributed by atoms with Gasteiger partial charge in [-0.15, -0.1) is 11.3 Å². The van der Waals surface area contributed by atoms with E-state index in [9.17, 15) is 10.2 Å². The fraction of sp³-hybridized carbons (Fsp3) is 0.0588. The maximum Gasteiger partial charge on any atom is 0.203 e. The van der Waals surface area contributed by atoms with Crippen LogP contribution in [-0.4, -0.2) is 20.9 Å². The summed E-state index contributed by atoms with van der Waals surface area (Å²) in [5, 5.41) is 25.9. The fourth-order valence-electron chi connectivity index (χ4n) is 2.05. The predicted octanol–water partition coefficient (Wildman–Crippen LogP) is 4.06. The molecule has 3 rings (SSSR count). The minimum Gasteiger partial charge on any atom is -0.508 e. The Bertz CT molecular complexity index is 858. The molecule has 0 aliphatic heterocycles. The molecule has 0 fully saturated rings. The zero-order chi connectivity index (χ0) is 16.2. The summed E-state index contributed by atoms with van der Waals surface area (Å²) in [7, 11) is 0. The first-order valence-electron chi connectivity index (χ1n) is 6.96. The summed E-state index contributed by atoms with van der Waals surface area (Å²) in [5.41, 5.74) is 6.13. The smallest absolute Gasteiger partial charge is 0.203 e. The molecule has 116 valence electrons. The number of hydrazone groups is 1. The molecule has 1 aromatic heterocycles. The molecule has 0 unspecified atom stereocenters.